The zero-order valence-corrected chi connectivity index (χ0v) is 10.4. The van der Waals surface area contributed by atoms with Gasteiger partial charge in [-0.25, -0.2) is 4.79 Å². The van der Waals surface area contributed by atoms with E-state index in [1.54, 1.807) is 0 Å². The van der Waals surface area contributed by atoms with Crippen LogP contribution in [0.2, 0.25) is 0 Å². The smallest absolute Gasteiger partial charge is 0.357 e. The largest absolute Gasteiger partial charge is 0.476 e. The number of anilines is 1. The number of carboxylic acids is 1. The van der Waals surface area contributed by atoms with Crippen LogP contribution >= 0.6 is 0 Å². The van der Waals surface area contributed by atoms with Crippen LogP contribution in [-0.2, 0) is 0 Å². The molecule has 1 aliphatic rings. The minimum Gasteiger partial charge on any atom is -0.476 e. The molecule has 0 bridgehead atoms. The molecule has 5 nitrogen and oxygen atoms in total. The zero-order chi connectivity index (χ0) is 12.6. The number of carbonyl (C=O) groups is 1. The number of hydrogen-bond donors (Lipinski definition) is 1. The molecule has 0 amide bonds. The minimum atomic E-state index is -1.05. The fourth-order valence-electron chi connectivity index (χ4n) is 2.15. The van der Waals surface area contributed by atoms with Gasteiger partial charge in [0.2, 0.25) is 0 Å². The van der Waals surface area contributed by atoms with Gasteiger partial charge in [-0.05, 0) is 17.8 Å². The fraction of sp³-hybridized carbons (Fsp3) is 0.667. The van der Waals surface area contributed by atoms with Gasteiger partial charge in [-0.15, -0.1) is 0 Å². The molecule has 2 heterocycles. The van der Waals surface area contributed by atoms with E-state index in [-0.39, 0.29) is 11.1 Å². The summed E-state index contributed by atoms with van der Waals surface area (Å²) in [6, 6.07) is 0.425. The second-order valence-electron chi connectivity index (χ2n) is 5.62. The van der Waals surface area contributed by atoms with E-state index in [0.717, 1.165) is 19.5 Å². The Hall–Kier alpha value is -1.52. The standard InChI is InChI=1S/C12H18N2O3/c1-12(2,3)8-4-5-14(6-8)11-13-9(7-17-11)10(15)16/h7-8H,4-6H2,1-3H3,(H,15,16). The van der Waals surface area contributed by atoms with Crippen molar-refractivity contribution in [2.75, 3.05) is 18.0 Å². The summed E-state index contributed by atoms with van der Waals surface area (Å²) < 4.78 is 5.20. The summed E-state index contributed by atoms with van der Waals surface area (Å²) in [5.41, 5.74) is 0.232. The van der Waals surface area contributed by atoms with Crippen molar-refractivity contribution in [3.8, 4) is 0 Å². The van der Waals surface area contributed by atoms with Crippen LogP contribution in [0.3, 0.4) is 0 Å². The molecule has 1 aromatic rings. The average Bonchev–Trinajstić information content (AvgIpc) is 2.85. The number of rotatable bonds is 2. The Morgan fingerprint density at radius 1 is 1.59 bits per heavy atom. The maximum absolute atomic E-state index is 10.7. The highest BCUT2D eigenvalue weighted by Crippen LogP contribution is 2.35. The van der Waals surface area contributed by atoms with Crippen LogP contribution in [0.5, 0.6) is 0 Å². The van der Waals surface area contributed by atoms with Crippen LogP contribution in [0.15, 0.2) is 10.7 Å². The molecule has 1 aliphatic heterocycles. The lowest BCUT2D eigenvalue weighted by Gasteiger charge is -2.26. The van der Waals surface area contributed by atoms with Crippen LogP contribution in [0.4, 0.5) is 6.01 Å². The molecule has 1 aromatic heterocycles. The van der Waals surface area contributed by atoms with Gasteiger partial charge >= 0.3 is 5.97 Å². The summed E-state index contributed by atoms with van der Waals surface area (Å²) in [4.78, 5) is 16.7. The van der Waals surface area contributed by atoms with Crippen molar-refractivity contribution < 1.29 is 14.3 Å². The number of aromatic nitrogens is 1. The van der Waals surface area contributed by atoms with Crippen LogP contribution in [0.1, 0.15) is 37.7 Å². The summed E-state index contributed by atoms with van der Waals surface area (Å²) in [5.74, 6) is -0.464. The number of aromatic carboxylic acids is 1. The third-order valence-corrected chi connectivity index (χ3v) is 3.39. The van der Waals surface area contributed by atoms with Crippen molar-refractivity contribution in [1.29, 1.82) is 0 Å². The van der Waals surface area contributed by atoms with Crippen molar-refractivity contribution in [3.63, 3.8) is 0 Å². The highest BCUT2D eigenvalue weighted by molar-refractivity contribution is 5.85. The van der Waals surface area contributed by atoms with E-state index < -0.39 is 5.97 Å². The summed E-state index contributed by atoms with van der Waals surface area (Å²) >= 11 is 0. The molecule has 0 saturated carbocycles. The molecule has 1 unspecified atom stereocenters. The Labute approximate surface area is 100 Å². The normalized spacial score (nSPS) is 20.9. The van der Waals surface area contributed by atoms with Gasteiger partial charge in [0.25, 0.3) is 6.01 Å². The molecule has 0 aromatic carbocycles. The highest BCUT2D eigenvalue weighted by atomic mass is 16.4. The van der Waals surface area contributed by atoms with Crippen LogP contribution in [0.25, 0.3) is 0 Å². The maximum atomic E-state index is 10.7. The number of nitrogens with zero attached hydrogens (tertiary/aromatic N) is 2. The van der Waals surface area contributed by atoms with Gasteiger partial charge in [-0.3, -0.25) is 0 Å². The predicted molar refractivity (Wildman–Crippen MR) is 63.2 cm³/mol. The molecule has 0 aliphatic carbocycles. The average molecular weight is 238 g/mol. The molecular formula is C12H18N2O3. The van der Waals surface area contributed by atoms with Crippen LogP contribution in [-0.4, -0.2) is 29.1 Å². The maximum Gasteiger partial charge on any atom is 0.357 e. The Morgan fingerprint density at radius 3 is 2.76 bits per heavy atom. The number of hydrogen-bond acceptors (Lipinski definition) is 4. The summed E-state index contributed by atoms with van der Waals surface area (Å²) in [7, 11) is 0. The first-order valence-corrected chi connectivity index (χ1v) is 5.81. The van der Waals surface area contributed by atoms with Crippen molar-refractivity contribution in [2.24, 2.45) is 11.3 Å². The van der Waals surface area contributed by atoms with Gasteiger partial charge in [0.1, 0.15) is 6.26 Å². The highest BCUT2D eigenvalue weighted by Gasteiger charge is 2.33. The number of oxazole rings is 1. The molecule has 1 saturated heterocycles. The molecule has 0 spiro atoms. The van der Waals surface area contributed by atoms with Gasteiger partial charge in [0, 0.05) is 13.1 Å². The van der Waals surface area contributed by atoms with E-state index >= 15 is 0 Å². The van der Waals surface area contributed by atoms with Crippen molar-refractivity contribution in [3.05, 3.63) is 12.0 Å². The predicted octanol–water partition coefficient (Wildman–Crippen LogP) is 2.25. The lowest BCUT2D eigenvalue weighted by Crippen LogP contribution is -2.26. The molecule has 94 valence electrons. The SMILES string of the molecule is CC(C)(C)C1CCN(c2nc(C(=O)O)co2)C1. The number of carboxylic acid groups (broad SMARTS) is 1. The lowest BCUT2D eigenvalue weighted by molar-refractivity contribution is 0.0690. The molecule has 1 N–H and O–H groups in total. The Kier molecular flexibility index (Phi) is 2.85. The monoisotopic (exact) mass is 238 g/mol. The first-order chi connectivity index (χ1) is 7.88. The topological polar surface area (TPSA) is 66.6 Å². The Bertz CT molecular complexity index is 420. The minimum absolute atomic E-state index is 0.0285. The van der Waals surface area contributed by atoms with E-state index in [1.807, 2.05) is 4.90 Å². The first-order valence-electron chi connectivity index (χ1n) is 5.81. The van der Waals surface area contributed by atoms with Gasteiger partial charge in [-0.2, -0.15) is 4.98 Å². The quantitative estimate of drug-likeness (QED) is 0.855. The van der Waals surface area contributed by atoms with Gasteiger partial charge in [-0.1, -0.05) is 20.8 Å². The van der Waals surface area contributed by atoms with E-state index in [2.05, 4.69) is 25.8 Å². The molecular weight excluding hydrogens is 220 g/mol. The molecule has 2 rings (SSSR count). The van der Waals surface area contributed by atoms with E-state index in [9.17, 15) is 4.79 Å². The summed E-state index contributed by atoms with van der Waals surface area (Å²) in [6.07, 6.45) is 2.29. The molecule has 17 heavy (non-hydrogen) atoms. The third kappa shape index (κ3) is 2.43. The Balaban J connectivity index is 2.07. The molecule has 5 heteroatoms. The molecule has 1 fully saturated rings. The van der Waals surface area contributed by atoms with Gasteiger partial charge in [0.05, 0.1) is 0 Å². The van der Waals surface area contributed by atoms with Gasteiger partial charge in [0.15, 0.2) is 5.69 Å². The van der Waals surface area contributed by atoms with Crippen LogP contribution < -0.4 is 4.90 Å². The second kappa shape index (κ2) is 4.05. The van der Waals surface area contributed by atoms with E-state index in [4.69, 9.17) is 9.52 Å². The summed E-state index contributed by atoms with van der Waals surface area (Å²) in [6.45, 7) is 8.42. The van der Waals surface area contributed by atoms with Crippen molar-refractivity contribution >= 4 is 12.0 Å². The lowest BCUT2D eigenvalue weighted by atomic mass is 9.80. The summed E-state index contributed by atoms with van der Waals surface area (Å²) in [5, 5.41) is 8.78. The zero-order valence-electron chi connectivity index (χ0n) is 10.4. The van der Waals surface area contributed by atoms with Gasteiger partial charge < -0.3 is 14.4 Å². The fourth-order valence-corrected chi connectivity index (χ4v) is 2.15. The Morgan fingerprint density at radius 2 is 2.29 bits per heavy atom. The third-order valence-electron chi connectivity index (χ3n) is 3.39. The van der Waals surface area contributed by atoms with Crippen molar-refractivity contribution in [2.45, 2.75) is 27.2 Å². The molecule has 1 atom stereocenters. The van der Waals surface area contributed by atoms with E-state index in [0.29, 0.717) is 11.9 Å². The first kappa shape index (κ1) is 12.0. The molecule has 0 radical (unpaired) electrons. The van der Waals surface area contributed by atoms with Crippen LogP contribution in [0, 0.1) is 11.3 Å². The van der Waals surface area contributed by atoms with E-state index in [1.165, 1.54) is 6.26 Å². The second-order valence-corrected chi connectivity index (χ2v) is 5.62. The van der Waals surface area contributed by atoms with Crippen molar-refractivity contribution in [1.82, 2.24) is 4.98 Å².